The zero-order valence-corrected chi connectivity index (χ0v) is 10.3. The average Bonchev–Trinajstić information content (AvgIpc) is 2.27. The molecule has 0 amide bonds. The third kappa shape index (κ3) is 2.49. The molecular weight excluding hydrogens is 196 g/mol. The molecule has 0 bridgehead atoms. The zero-order chi connectivity index (χ0) is 11.5. The highest BCUT2D eigenvalue weighted by Gasteiger charge is 2.21. The Hall–Kier alpha value is -1.18. The largest absolute Gasteiger partial charge is 0.399 e. The van der Waals surface area contributed by atoms with Crippen LogP contribution in [0.3, 0.4) is 0 Å². The van der Waals surface area contributed by atoms with E-state index in [1.54, 1.807) is 0 Å². The first-order chi connectivity index (χ1) is 7.66. The topological polar surface area (TPSA) is 38.0 Å². The summed E-state index contributed by atoms with van der Waals surface area (Å²) < 4.78 is 0. The number of nitrogens with two attached hydrogens (primary N) is 1. The van der Waals surface area contributed by atoms with E-state index in [2.05, 4.69) is 31.3 Å². The maximum absolute atomic E-state index is 5.83. The SMILES string of the molecule is Cc1ccc(N)cc1NC1CCCCC1C. The van der Waals surface area contributed by atoms with E-state index >= 15 is 0 Å². The number of nitrogens with one attached hydrogen (secondary N) is 1. The van der Waals surface area contributed by atoms with Crippen LogP contribution in [0.2, 0.25) is 0 Å². The summed E-state index contributed by atoms with van der Waals surface area (Å²) in [7, 11) is 0. The Morgan fingerprint density at radius 3 is 2.75 bits per heavy atom. The van der Waals surface area contributed by atoms with E-state index in [0.717, 1.165) is 11.6 Å². The Morgan fingerprint density at radius 2 is 2.00 bits per heavy atom. The zero-order valence-electron chi connectivity index (χ0n) is 10.3. The van der Waals surface area contributed by atoms with Gasteiger partial charge in [-0.2, -0.15) is 0 Å². The van der Waals surface area contributed by atoms with Crippen LogP contribution in [0.1, 0.15) is 38.2 Å². The molecule has 1 aliphatic rings. The fourth-order valence-electron chi connectivity index (χ4n) is 2.53. The third-order valence-electron chi connectivity index (χ3n) is 3.71. The summed E-state index contributed by atoms with van der Waals surface area (Å²) in [6.45, 7) is 4.48. The molecule has 2 unspecified atom stereocenters. The summed E-state index contributed by atoms with van der Waals surface area (Å²) in [5.41, 5.74) is 9.16. The lowest BCUT2D eigenvalue weighted by Crippen LogP contribution is -2.30. The van der Waals surface area contributed by atoms with Crippen LogP contribution in [0.15, 0.2) is 18.2 Å². The van der Waals surface area contributed by atoms with Gasteiger partial charge >= 0.3 is 0 Å². The van der Waals surface area contributed by atoms with Crippen LogP contribution in [0.4, 0.5) is 11.4 Å². The standard InChI is InChI=1S/C14H22N2/c1-10-5-3-4-6-13(10)16-14-9-12(15)8-7-11(14)2/h7-10,13,16H,3-6,15H2,1-2H3. The van der Waals surface area contributed by atoms with Gasteiger partial charge in [0.2, 0.25) is 0 Å². The molecule has 1 saturated carbocycles. The lowest BCUT2D eigenvalue weighted by atomic mass is 9.85. The van der Waals surface area contributed by atoms with Crippen LogP contribution in [0, 0.1) is 12.8 Å². The van der Waals surface area contributed by atoms with E-state index in [4.69, 9.17) is 5.73 Å². The fraction of sp³-hybridized carbons (Fsp3) is 0.571. The highest BCUT2D eigenvalue weighted by atomic mass is 14.9. The predicted molar refractivity (Wildman–Crippen MR) is 70.6 cm³/mol. The third-order valence-corrected chi connectivity index (χ3v) is 3.71. The number of nitrogen functional groups attached to an aromatic ring is 1. The van der Waals surface area contributed by atoms with Crippen molar-refractivity contribution in [3.05, 3.63) is 23.8 Å². The first-order valence-electron chi connectivity index (χ1n) is 6.29. The van der Waals surface area contributed by atoms with Gasteiger partial charge in [-0.25, -0.2) is 0 Å². The molecule has 2 rings (SSSR count). The quantitative estimate of drug-likeness (QED) is 0.745. The molecule has 2 atom stereocenters. The highest BCUT2D eigenvalue weighted by molar-refractivity contribution is 5.59. The second kappa shape index (κ2) is 4.77. The van der Waals surface area contributed by atoms with Gasteiger partial charge in [0.1, 0.15) is 0 Å². The van der Waals surface area contributed by atoms with E-state index < -0.39 is 0 Å². The van der Waals surface area contributed by atoms with E-state index in [1.165, 1.54) is 36.9 Å². The van der Waals surface area contributed by atoms with E-state index in [1.807, 2.05) is 6.07 Å². The van der Waals surface area contributed by atoms with Crippen molar-refractivity contribution in [2.45, 2.75) is 45.6 Å². The molecule has 1 aliphatic carbocycles. The first-order valence-corrected chi connectivity index (χ1v) is 6.29. The molecule has 1 fully saturated rings. The minimum Gasteiger partial charge on any atom is -0.399 e. The normalized spacial score (nSPS) is 25.4. The van der Waals surface area contributed by atoms with Crippen molar-refractivity contribution < 1.29 is 0 Å². The van der Waals surface area contributed by atoms with Crippen molar-refractivity contribution in [3.8, 4) is 0 Å². The summed E-state index contributed by atoms with van der Waals surface area (Å²) in [6, 6.07) is 6.72. The van der Waals surface area contributed by atoms with Crippen molar-refractivity contribution >= 4 is 11.4 Å². The summed E-state index contributed by atoms with van der Waals surface area (Å²) >= 11 is 0. The number of anilines is 2. The van der Waals surface area contributed by atoms with Gasteiger partial charge in [-0.05, 0) is 43.4 Å². The van der Waals surface area contributed by atoms with Crippen LogP contribution >= 0.6 is 0 Å². The fourth-order valence-corrected chi connectivity index (χ4v) is 2.53. The van der Waals surface area contributed by atoms with E-state index in [9.17, 15) is 0 Å². The molecule has 3 N–H and O–H groups in total. The minimum atomic E-state index is 0.620. The Bertz CT molecular complexity index is 360. The Balaban J connectivity index is 2.10. The number of hydrogen-bond acceptors (Lipinski definition) is 2. The van der Waals surface area contributed by atoms with E-state index in [-0.39, 0.29) is 0 Å². The number of rotatable bonds is 2. The maximum Gasteiger partial charge on any atom is 0.0392 e. The van der Waals surface area contributed by atoms with Gasteiger partial charge < -0.3 is 11.1 Å². The Labute approximate surface area is 98.2 Å². The molecule has 88 valence electrons. The van der Waals surface area contributed by atoms with Gasteiger partial charge in [-0.1, -0.05) is 25.8 Å². The number of aryl methyl sites for hydroxylation is 1. The van der Waals surface area contributed by atoms with Gasteiger partial charge in [0.05, 0.1) is 0 Å². The van der Waals surface area contributed by atoms with Gasteiger partial charge in [0.25, 0.3) is 0 Å². The van der Waals surface area contributed by atoms with Crippen molar-refractivity contribution in [2.24, 2.45) is 5.92 Å². The van der Waals surface area contributed by atoms with Crippen LogP contribution in [-0.2, 0) is 0 Å². The molecule has 0 saturated heterocycles. The molecule has 1 aromatic rings. The van der Waals surface area contributed by atoms with Crippen LogP contribution in [0.25, 0.3) is 0 Å². The molecule has 0 aliphatic heterocycles. The molecule has 1 aromatic carbocycles. The van der Waals surface area contributed by atoms with Gasteiger partial charge in [0, 0.05) is 17.4 Å². The molecule has 2 nitrogen and oxygen atoms in total. The lowest BCUT2D eigenvalue weighted by molar-refractivity contribution is 0.349. The van der Waals surface area contributed by atoms with Crippen LogP contribution < -0.4 is 11.1 Å². The summed E-state index contributed by atoms with van der Waals surface area (Å²) in [5.74, 6) is 0.773. The van der Waals surface area contributed by atoms with E-state index in [0.29, 0.717) is 6.04 Å². The second-order valence-corrected chi connectivity index (χ2v) is 5.09. The van der Waals surface area contributed by atoms with Crippen LogP contribution in [0.5, 0.6) is 0 Å². The summed E-state index contributed by atoms with van der Waals surface area (Å²) in [6.07, 6.45) is 5.37. The predicted octanol–water partition coefficient (Wildman–Crippen LogP) is 3.57. The van der Waals surface area contributed by atoms with Crippen molar-refractivity contribution in [1.29, 1.82) is 0 Å². The monoisotopic (exact) mass is 218 g/mol. The molecule has 2 heteroatoms. The van der Waals surface area contributed by atoms with Crippen molar-refractivity contribution in [2.75, 3.05) is 11.1 Å². The second-order valence-electron chi connectivity index (χ2n) is 5.09. The maximum atomic E-state index is 5.83. The number of hydrogen-bond donors (Lipinski definition) is 2. The van der Waals surface area contributed by atoms with Crippen molar-refractivity contribution in [1.82, 2.24) is 0 Å². The molecule has 0 spiro atoms. The lowest BCUT2D eigenvalue weighted by Gasteiger charge is -2.31. The number of benzene rings is 1. The molecule has 0 heterocycles. The smallest absolute Gasteiger partial charge is 0.0392 e. The molecule has 0 aromatic heterocycles. The minimum absolute atomic E-state index is 0.620. The Kier molecular flexibility index (Phi) is 3.37. The van der Waals surface area contributed by atoms with Gasteiger partial charge in [-0.15, -0.1) is 0 Å². The highest BCUT2D eigenvalue weighted by Crippen LogP contribution is 2.28. The molecule has 16 heavy (non-hydrogen) atoms. The molecule has 0 radical (unpaired) electrons. The summed E-state index contributed by atoms with van der Waals surface area (Å²) in [5, 5.41) is 3.66. The van der Waals surface area contributed by atoms with Gasteiger partial charge in [0.15, 0.2) is 0 Å². The Morgan fingerprint density at radius 1 is 1.25 bits per heavy atom. The first kappa shape index (κ1) is 11.3. The van der Waals surface area contributed by atoms with Crippen molar-refractivity contribution in [3.63, 3.8) is 0 Å². The molecular formula is C14H22N2. The average molecular weight is 218 g/mol. The summed E-state index contributed by atoms with van der Waals surface area (Å²) in [4.78, 5) is 0. The van der Waals surface area contributed by atoms with Crippen LogP contribution in [-0.4, -0.2) is 6.04 Å². The van der Waals surface area contributed by atoms with Gasteiger partial charge in [-0.3, -0.25) is 0 Å².